The molecule has 0 aliphatic heterocycles. The molecule has 0 bridgehead atoms. The summed E-state index contributed by atoms with van der Waals surface area (Å²) in [6.07, 6.45) is 1.52. The molecule has 3 N–H and O–H groups in total. The van der Waals surface area contributed by atoms with Crippen molar-refractivity contribution in [2.45, 2.75) is 25.8 Å². The third kappa shape index (κ3) is 3.89. The van der Waals surface area contributed by atoms with Gasteiger partial charge in [-0.05, 0) is 43.0 Å². The molecule has 0 aliphatic carbocycles. The van der Waals surface area contributed by atoms with E-state index in [4.69, 9.17) is 10.6 Å². The lowest BCUT2D eigenvalue weighted by Gasteiger charge is -2.16. The van der Waals surface area contributed by atoms with E-state index in [1.54, 1.807) is 19.2 Å². The molecule has 1 rings (SSSR count). The number of benzene rings is 1. The highest BCUT2D eigenvalue weighted by atomic mass is 19.1. The van der Waals surface area contributed by atoms with Crippen LogP contribution < -0.4 is 11.3 Å². The summed E-state index contributed by atoms with van der Waals surface area (Å²) in [4.78, 5) is 0. The van der Waals surface area contributed by atoms with E-state index in [1.807, 2.05) is 6.92 Å². The average molecular weight is 226 g/mol. The van der Waals surface area contributed by atoms with Crippen LogP contribution in [0.5, 0.6) is 0 Å². The van der Waals surface area contributed by atoms with Gasteiger partial charge in [0.2, 0.25) is 0 Å². The average Bonchev–Trinajstić information content (AvgIpc) is 2.28. The topological polar surface area (TPSA) is 47.3 Å². The quantitative estimate of drug-likeness (QED) is 0.571. The van der Waals surface area contributed by atoms with E-state index in [-0.39, 0.29) is 11.9 Å². The Hall–Kier alpha value is -0.970. The van der Waals surface area contributed by atoms with Crippen LogP contribution in [0.4, 0.5) is 4.39 Å². The van der Waals surface area contributed by atoms with Gasteiger partial charge in [0, 0.05) is 19.8 Å². The highest BCUT2D eigenvalue weighted by Gasteiger charge is 2.09. The van der Waals surface area contributed by atoms with Crippen molar-refractivity contribution in [1.82, 2.24) is 5.43 Å². The third-order valence-electron chi connectivity index (χ3n) is 2.68. The van der Waals surface area contributed by atoms with Crippen molar-refractivity contribution in [3.05, 3.63) is 35.1 Å². The molecule has 0 fully saturated rings. The lowest BCUT2D eigenvalue weighted by molar-refractivity contribution is 0.182. The Morgan fingerprint density at radius 3 is 2.88 bits per heavy atom. The van der Waals surface area contributed by atoms with Gasteiger partial charge in [-0.1, -0.05) is 6.07 Å². The zero-order valence-electron chi connectivity index (χ0n) is 9.79. The number of hydrogen-bond donors (Lipinski definition) is 2. The molecular formula is C12H19FN2O. The summed E-state index contributed by atoms with van der Waals surface area (Å²) in [5.74, 6) is 5.24. The number of halogens is 1. The maximum Gasteiger partial charge on any atom is 0.123 e. The van der Waals surface area contributed by atoms with E-state index < -0.39 is 0 Å². The summed E-state index contributed by atoms with van der Waals surface area (Å²) in [6.45, 7) is 2.61. The summed E-state index contributed by atoms with van der Waals surface area (Å²) >= 11 is 0. The fraction of sp³-hybridized carbons (Fsp3) is 0.500. The van der Waals surface area contributed by atoms with Crippen LogP contribution in [-0.2, 0) is 11.2 Å². The van der Waals surface area contributed by atoms with Gasteiger partial charge in [0.1, 0.15) is 5.82 Å². The highest BCUT2D eigenvalue weighted by molar-refractivity contribution is 5.27. The second-order valence-electron chi connectivity index (χ2n) is 3.92. The van der Waals surface area contributed by atoms with Crippen molar-refractivity contribution in [3.63, 3.8) is 0 Å². The second kappa shape index (κ2) is 6.58. The summed E-state index contributed by atoms with van der Waals surface area (Å²) in [5.41, 5.74) is 4.80. The van der Waals surface area contributed by atoms with Gasteiger partial charge in [-0.25, -0.2) is 4.39 Å². The van der Waals surface area contributed by atoms with Crippen molar-refractivity contribution in [3.8, 4) is 0 Å². The fourth-order valence-corrected chi connectivity index (χ4v) is 1.63. The predicted molar refractivity (Wildman–Crippen MR) is 62.4 cm³/mol. The Balaban J connectivity index is 2.65. The van der Waals surface area contributed by atoms with Gasteiger partial charge >= 0.3 is 0 Å². The number of hydrazine groups is 1. The van der Waals surface area contributed by atoms with Crippen LogP contribution in [0.1, 0.15) is 17.5 Å². The number of nitrogens with one attached hydrogen (secondary N) is 1. The molecule has 1 aromatic rings. The first-order valence-corrected chi connectivity index (χ1v) is 5.37. The van der Waals surface area contributed by atoms with Crippen molar-refractivity contribution in [1.29, 1.82) is 0 Å². The summed E-state index contributed by atoms with van der Waals surface area (Å²) in [6, 6.07) is 4.93. The van der Waals surface area contributed by atoms with Gasteiger partial charge in [-0.3, -0.25) is 11.3 Å². The van der Waals surface area contributed by atoms with Crippen LogP contribution in [0.15, 0.2) is 18.2 Å². The van der Waals surface area contributed by atoms with E-state index in [2.05, 4.69) is 5.43 Å². The van der Waals surface area contributed by atoms with Gasteiger partial charge in [-0.2, -0.15) is 0 Å². The van der Waals surface area contributed by atoms with Crippen LogP contribution >= 0.6 is 0 Å². The van der Waals surface area contributed by atoms with Crippen LogP contribution in [0, 0.1) is 12.7 Å². The number of ether oxygens (including phenoxy) is 1. The van der Waals surface area contributed by atoms with Crippen molar-refractivity contribution >= 4 is 0 Å². The lowest BCUT2D eigenvalue weighted by Crippen LogP contribution is -2.37. The van der Waals surface area contributed by atoms with Crippen LogP contribution in [-0.4, -0.2) is 19.8 Å². The van der Waals surface area contributed by atoms with Gasteiger partial charge < -0.3 is 4.74 Å². The lowest BCUT2D eigenvalue weighted by atomic mass is 10.00. The Morgan fingerprint density at radius 1 is 1.50 bits per heavy atom. The molecular weight excluding hydrogens is 207 g/mol. The Labute approximate surface area is 95.8 Å². The van der Waals surface area contributed by atoms with Gasteiger partial charge in [0.05, 0.1) is 0 Å². The van der Waals surface area contributed by atoms with Crippen LogP contribution in [0.2, 0.25) is 0 Å². The molecule has 1 aromatic carbocycles. The molecule has 4 heteroatoms. The number of rotatable bonds is 6. The molecule has 0 heterocycles. The Morgan fingerprint density at radius 2 is 2.25 bits per heavy atom. The molecule has 90 valence electrons. The third-order valence-corrected chi connectivity index (χ3v) is 2.68. The minimum Gasteiger partial charge on any atom is -0.385 e. The van der Waals surface area contributed by atoms with E-state index in [1.165, 1.54) is 6.07 Å². The number of methoxy groups -OCH3 is 1. The Bertz CT molecular complexity index is 331. The minimum atomic E-state index is -0.205. The SMILES string of the molecule is COCCC(Cc1cc(F)ccc1C)NN. The fourth-order valence-electron chi connectivity index (χ4n) is 1.63. The molecule has 0 spiro atoms. The number of nitrogens with two attached hydrogens (primary N) is 1. The number of hydrogen-bond acceptors (Lipinski definition) is 3. The highest BCUT2D eigenvalue weighted by Crippen LogP contribution is 2.13. The first-order chi connectivity index (χ1) is 7.67. The predicted octanol–water partition coefficient (Wildman–Crippen LogP) is 1.55. The molecule has 1 atom stereocenters. The monoisotopic (exact) mass is 226 g/mol. The second-order valence-corrected chi connectivity index (χ2v) is 3.92. The maximum absolute atomic E-state index is 13.1. The molecule has 0 aromatic heterocycles. The molecule has 1 unspecified atom stereocenters. The molecule has 3 nitrogen and oxygen atoms in total. The van der Waals surface area contributed by atoms with E-state index in [0.717, 1.165) is 17.5 Å². The zero-order chi connectivity index (χ0) is 12.0. The van der Waals surface area contributed by atoms with Crippen molar-refractivity contribution in [2.75, 3.05) is 13.7 Å². The minimum absolute atomic E-state index is 0.112. The molecule has 0 saturated carbocycles. The molecule has 0 radical (unpaired) electrons. The first kappa shape index (κ1) is 13.1. The van der Waals surface area contributed by atoms with E-state index >= 15 is 0 Å². The zero-order valence-corrected chi connectivity index (χ0v) is 9.79. The van der Waals surface area contributed by atoms with Gasteiger partial charge in [0.25, 0.3) is 0 Å². The van der Waals surface area contributed by atoms with Crippen molar-refractivity contribution < 1.29 is 9.13 Å². The molecule has 0 aliphatic rings. The normalized spacial score (nSPS) is 12.8. The Kier molecular flexibility index (Phi) is 5.38. The smallest absolute Gasteiger partial charge is 0.123 e. The van der Waals surface area contributed by atoms with Gasteiger partial charge in [-0.15, -0.1) is 0 Å². The van der Waals surface area contributed by atoms with Crippen LogP contribution in [0.3, 0.4) is 0 Å². The van der Waals surface area contributed by atoms with E-state index in [0.29, 0.717) is 13.0 Å². The summed E-state index contributed by atoms with van der Waals surface area (Å²) < 4.78 is 18.1. The summed E-state index contributed by atoms with van der Waals surface area (Å²) in [5, 5.41) is 0. The van der Waals surface area contributed by atoms with Gasteiger partial charge in [0.15, 0.2) is 0 Å². The van der Waals surface area contributed by atoms with Crippen LogP contribution in [0.25, 0.3) is 0 Å². The largest absolute Gasteiger partial charge is 0.385 e. The maximum atomic E-state index is 13.1. The van der Waals surface area contributed by atoms with Crippen molar-refractivity contribution in [2.24, 2.45) is 5.84 Å². The number of aryl methyl sites for hydroxylation is 1. The first-order valence-electron chi connectivity index (χ1n) is 5.37. The molecule has 0 amide bonds. The van der Waals surface area contributed by atoms with E-state index in [9.17, 15) is 4.39 Å². The summed E-state index contributed by atoms with van der Waals surface area (Å²) in [7, 11) is 1.65. The standard InChI is InChI=1S/C12H19FN2O/c1-9-3-4-11(13)7-10(9)8-12(15-14)5-6-16-2/h3-4,7,12,15H,5-6,8,14H2,1-2H3. The molecule has 16 heavy (non-hydrogen) atoms. The molecule has 0 saturated heterocycles.